The van der Waals surface area contributed by atoms with Crippen LogP contribution in [-0.2, 0) is 6.18 Å². The second-order valence-corrected chi connectivity index (χ2v) is 5.12. The molecule has 3 nitrogen and oxygen atoms in total. The average molecular weight is 273 g/mol. The molecular formula is C13H18F3N3. The average Bonchev–Trinajstić information content (AvgIpc) is 2.33. The van der Waals surface area contributed by atoms with Gasteiger partial charge >= 0.3 is 6.18 Å². The number of pyridine rings is 1. The maximum absolute atomic E-state index is 12.6. The van der Waals surface area contributed by atoms with Crippen molar-refractivity contribution in [3.05, 3.63) is 23.9 Å². The molecule has 1 saturated heterocycles. The third kappa shape index (κ3) is 3.59. The van der Waals surface area contributed by atoms with Crippen LogP contribution in [0.1, 0.15) is 25.3 Å². The number of nitrogens with zero attached hydrogens (tertiary/aromatic N) is 2. The van der Waals surface area contributed by atoms with E-state index in [1.165, 1.54) is 6.20 Å². The van der Waals surface area contributed by atoms with Gasteiger partial charge in [0.1, 0.15) is 5.82 Å². The number of nitrogens with one attached hydrogen (secondary N) is 1. The summed E-state index contributed by atoms with van der Waals surface area (Å²) in [6.07, 6.45) is -1.30. The summed E-state index contributed by atoms with van der Waals surface area (Å²) in [4.78, 5) is 6.21. The third-order valence-corrected chi connectivity index (χ3v) is 3.65. The number of halogens is 3. The molecule has 2 rings (SSSR count). The summed E-state index contributed by atoms with van der Waals surface area (Å²) < 4.78 is 37.8. The molecule has 6 heteroatoms. The summed E-state index contributed by atoms with van der Waals surface area (Å²) >= 11 is 0. The van der Waals surface area contributed by atoms with E-state index < -0.39 is 11.7 Å². The van der Waals surface area contributed by atoms with Crippen molar-refractivity contribution in [3.8, 4) is 0 Å². The van der Waals surface area contributed by atoms with Gasteiger partial charge in [0.15, 0.2) is 0 Å². The van der Waals surface area contributed by atoms with E-state index in [1.807, 2.05) is 0 Å². The molecule has 0 radical (unpaired) electrons. The van der Waals surface area contributed by atoms with Crippen LogP contribution in [0, 0.1) is 0 Å². The zero-order chi connectivity index (χ0) is 14.0. The molecule has 1 aliphatic heterocycles. The fraction of sp³-hybridized carbons (Fsp3) is 0.615. The van der Waals surface area contributed by atoms with E-state index in [9.17, 15) is 13.2 Å². The van der Waals surface area contributed by atoms with Gasteiger partial charge in [-0.25, -0.2) is 4.98 Å². The van der Waals surface area contributed by atoms with Crippen LogP contribution >= 0.6 is 0 Å². The highest BCUT2D eigenvalue weighted by atomic mass is 19.4. The molecule has 0 spiro atoms. The Bertz CT molecular complexity index is 433. The maximum Gasteiger partial charge on any atom is 0.416 e. The van der Waals surface area contributed by atoms with Crippen molar-refractivity contribution in [1.29, 1.82) is 0 Å². The lowest BCUT2D eigenvalue weighted by molar-refractivity contribution is -0.137. The predicted octanol–water partition coefficient (Wildman–Crippen LogP) is 3.00. The van der Waals surface area contributed by atoms with Gasteiger partial charge in [-0.15, -0.1) is 0 Å². The fourth-order valence-corrected chi connectivity index (χ4v) is 2.32. The topological polar surface area (TPSA) is 28.2 Å². The number of piperidine rings is 1. The Labute approximate surface area is 110 Å². The number of likely N-dealkylation sites (tertiary alicyclic amines) is 1. The van der Waals surface area contributed by atoms with Crippen molar-refractivity contribution < 1.29 is 13.2 Å². The van der Waals surface area contributed by atoms with Crippen LogP contribution in [0.3, 0.4) is 0 Å². The molecule has 106 valence electrons. The van der Waals surface area contributed by atoms with Crippen LogP contribution in [0.15, 0.2) is 18.3 Å². The van der Waals surface area contributed by atoms with Crippen LogP contribution < -0.4 is 5.32 Å². The normalized spacial score (nSPS) is 25.3. The molecular weight excluding hydrogens is 255 g/mol. The van der Waals surface area contributed by atoms with E-state index >= 15 is 0 Å². The van der Waals surface area contributed by atoms with Crippen molar-refractivity contribution in [1.82, 2.24) is 9.88 Å². The Kier molecular flexibility index (Phi) is 3.99. The molecule has 0 amide bonds. The minimum atomic E-state index is -4.32. The van der Waals surface area contributed by atoms with Crippen molar-refractivity contribution in [2.24, 2.45) is 0 Å². The summed E-state index contributed by atoms with van der Waals surface area (Å²) in [5.74, 6) is 0.302. The van der Waals surface area contributed by atoms with Gasteiger partial charge in [0, 0.05) is 24.8 Å². The Morgan fingerprint density at radius 1 is 1.42 bits per heavy atom. The molecule has 2 atom stereocenters. The quantitative estimate of drug-likeness (QED) is 0.898. The number of alkyl halides is 3. The van der Waals surface area contributed by atoms with Gasteiger partial charge in [0.2, 0.25) is 0 Å². The van der Waals surface area contributed by atoms with Crippen LogP contribution in [-0.4, -0.2) is 35.6 Å². The van der Waals surface area contributed by atoms with E-state index in [0.717, 1.165) is 31.5 Å². The van der Waals surface area contributed by atoms with Crippen molar-refractivity contribution in [2.45, 2.75) is 38.0 Å². The molecule has 2 unspecified atom stereocenters. The van der Waals surface area contributed by atoms with Crippen LogP contribution in [0.2, 0.25) is 0 Å². The smallest absolute Gasteiger partial charge is 0.367 e. The Balaban J connectivity index is 2.04. The van der Waals surface area contributed by atoms with E-state index in [4.69, 9.17) is 0 Å². The lowest BCUT2D eigenvalue weighted by Gasteiger charge is -2.35. The Morgan fingerprint density at radius 2 is 2.16 bits per heavy atom. The first-order valence-electron chi connectivity index (χ1n) is 6.36. The summed E-state index contributed by atoms with van der Waals surface area (Å²) in [6.45, 7) is 3.06. The molecule has 1 aromatic rings. The van der Waals surface area contributed by atoms with Crippen molar-refractivity contribution >= 4 is 5.82 Å². The summed E-state index contributed by atoms with van der Waals surface area (Å²) in [5, 5.41) is 3.11. The number of anilines is 1. The van der Waals surface area contributed by atoms with Gasteiger partial charge in [-0.2, -0.15) is 13.2 Å². The van der Waals surface area contributed by atoms with Crippen LogP contribution in [0.4, 0.5) is 19.0 Å². The van der Waals surface area contributed by atoms with Gasteiger partial charge in [-0.1, -0.05) is 0 Å². The second-order valence-electron chi connectivity index (χ2n) is 5.12. The largest absolute Gasteiger partial charge is 0.416 e. The fourth-order valence-electron chi connectivity index (χ4n) is 2.32. The number of aromatic nitrogens is 1. The molecule has 1 N–H and O–H groups in total. The van der Waals surface area contributed by atoms with Crippen LogP contribution in [0.25, 0.3) is 0 Å². The second kappa shape index (κ2) is 5.36. The number of hydrogen-bond donors (Lipinski definition) is 1. The summed E-state index contributed by atoms with van der Waals surface area (Å²) in [7, 11) is 2.06. The molecule has 2 heterocycles. The SMILES string of the molecule is CC1CC(Nc2cc(C(F)(F)F)ccn2)CCN1C. The maximum atomic E-state index is 12.6. The standard InChI is InChI=1S/C13H18F3N3/c1-9-7-11(4-6-19(9)2)18-12-8-10(3-5-17-12)13(14,15)16/h3,5,8-9,11H,4,6-7H2,1-2H3,(H,17,18). The molecule has 0 saturated carbocycles. The molecule has 19 heavy (non-hydrogen) atoms. The highest BCUT2D eigenvalue weighted by molar-refractivity contribution is 5.39. The zero-order valence-electron chi connectivity index (χ0n) is 11.0. The third-order valence-electron chi connectivity index (χ3n) is 3.65. The summed E-state index contributed by atoms with van der Waals surface area (Å²) in [5.41, 5.74) is -0.661. The molecule has 1 fully saturated rings. The molecule has 0 bridgehead atoms. The minimum absolute atomic E-state index is 0.183. The number of rotatable bonds is 2. The minimum Gasteiger partial charge on any atom is -0.367 e. The van der Waals surface area contributed by atoms with E-state index in [2.05, 4.69) is 29.2 Å². The highest BCUT2D eigenvalue weighted by Gasteiger charge is 2.31. The van der Waals surface area contributed by atoms with Gasteiger partial charge in [0.05, 0.1) is 5.56 Å². The lowest BCUT2D eigenvalue weighted by atomic mass is 9.99. The van der Waals surface area contributed by atoms with Crippen LogP contribution in [0.5, 0.6) is 0 Å². The first-order chi connectivity index (χ1) is 8.86. The molecule has 0 aliphatic carbocycles. The molecule has 0 aromatic carbocycles. The summed E-state index contributed by atoms with van der Waals surface area (Å²) in [6, 6.07) is 2.67. The number of hydrogen-bond acceptors (Lipinski definition) is 3. The van der Waals surface area contributed by atoms with Crippen molar-refractivity contribution in [3.63, 3.8) is 0 Å². The van der Waals surface area contributed by atoms with E-state index in [1.54, 1.807) is 0 Å². The van der Waals surface area contributed by atoms with Crippen molar-refractivity contribution in [2.75, 3.05) is 18.9 Å². The van der Waals surface area contributed by atoms with E-state index in [0.29, 0.717) is 11.9 Å². The zero-order valence-corrected chi connectivity index (χ0v) is 11.0. The monoisotopic (exact) mass is 273 g/mol. The predicted molar refractivity (Wildman–Crippen MR) is 68.0 cm³/mol. The molecule has 1 aromatic heterocycles. The lowest BCUT2D eigenvalue weighted by Crippen LogP contribution is -2.42. The molecule has 1 aliphatic rings. The Morgan fingerprint density at radius 3 is 2.79 bits per heavy atom. The van der Waals surface area contributed by atoms with Gasteiger partial charge in [-0.3, -0.25) is 0 Å². The Hall–Kier alpha value is -1.30. The van der Waals surface area contributed by atoms with Gasteiger partial charge in [0.25, 0.3) is 0 Å². The highest BCUT2D eigenvalue weighted by Crippen LogP contribution is 2.30. The van der Waals surface area contributed by atoms with Gasteiger partial charge < -0.3 is 10.2 Å². The first-order valence-corrected chi connectivity index (χ1v) is 6.36. The first kappa shape index (κ1) is 14.1. The van der Waals surface area contributed by atoms with Gasteiger partial charge in [-0.05, 0) is 38.9 Å². The van der Waals surface area contributed by atoms with E-state index in [-0.39, 0.29) is 6.04 Å².